The Morgan fingerprint density at radius 2 is 1.65 bits per heavy atom. The summed E-state index contributed by atoms with van der Waals surface area (Å²) >= 11 is 0. The quantitative estimate of drug-likeness (QED) is 0.828. The second-order valence-corrected chi connectivity index (χ2v) is 5.86. The predicted molar refractivity (Wildman–Crippen MR) is 78.6 cm³/mol. The van der Waals surface area contributed by atoms with Gasteiger partial charge in [-0.2, -0.15) is 0 Å². The van der Waals surface area contributed by atoms with E-state index < -0.39 is 0 Å². The molecule has 0 aromatic carbocycles. The first-order valence-electron chi connectivity index (χ1n) is 7.78. The predicted octanol–water partition coefficient (Wildman–Crippen LogP) is 2.17. The molecule has 108 valence electrons. The average Bonchev–Trinajstić information content (AvgIpc) is 2.56. The fourth-order valence-corrected chi connectivity index (χ4v) is 3.39. The molecule has 0 spiro atoms. The molecule has 3 rings (SSSR count). The SMILES string of the molecule is O=C(c1ccncc1)N1CCC(N2CCCCC2)CC1. The van der Waals surface area contributed by atoms with Crippen LogP contribution < -0.4 is 0 Å². The van der Waals surface area contributed by atoms with Gasteiger partial charge in [-0.05, 0) is 50.9 Å². The van der Waals surface area contributed by atoms with Crippen molar-refractivity contribution < 1.29 is 4.79 Å². The molecule has 4 nitrogen and oxygen atoms in total. The van der Waals surface area contributed by atoms with E-state index in [0.717, 1.165) is 31.5 Å². The van der Waals surface area contributed by atoms with E-state index in [1.165, 1.54) is 32.4 Å². The van der Waals surface area contributed by atoms with Gasteiger partial charge in [0, 0.05) is 37.1 Å². The lowest BCUT2D eigenvalue weighted by atomic mass is 9.99. The summed E-state index contributed by atoms with van der Waals surface area (Å²) in [7, 11) is 0. The zero-order valence-electron chi connectivity index (χ0n) is 12.0. The number of aromatic nitrogens is 1. The van der Waals surface area contributed by atoms with E-state index >= 15 is 0 Å². The van der Waals surface area contributed by atoms with Crippen LogP contribution in [0, 0.1) is 0 Å². The number of amides is 1. The molecule has 20 heavy (non-hydrogen) atoms. The smallest absolute Gasteiger partial charge is 0.253 e. The number of carbonyl (C=O) groups excluding carboxylic acids is 1. The van der Waals surface area contributed by atoms with Gasteiger partial charge in [0.2, 0.25) is 0 Å². The van der Waals surface area contributed by atoms with Crippen LogP contribution in [-0.4, -0.2) is 52.9 Å². The van der Waals surface area contributed by atoms with Gasteiger partial charge in [0.15, 0.2) is 0 Å². The summed E-state index contributed by atoms with van der Waals surface area (Å²) in [6, 6.07) is 4.30. The van der Waals surface area contributed by atoms with E-state index in [1.807, 2.05) is 4.90 Å². The van der Waals surface area contributed by atoms with E-state index in [4.69, 9.17) is 0 Å². The molecule has 0 radical (unpaired) electrons. The summed E-state index contributed by atoms with van der Waals surface area (Å²) in [4.78, 5) is 21.0. The van der Waals surface area contributed by atoms with Crippen LogP contribution in [0.15, 0.2) is 24.5 Å². The number of rotatable bonds is 2. The van der Waals surface area contributed by atoms with Crippen molar-refractivity contribution in [2.24, 2.45) is 0 Å². The third kappa shape index (κ3) is 3.01. The van der Waals surface area contributed by atoms with Gasteiger partial charge in [-0.1, -0.05) is 6.42 Å². The topological polar surface area (TPSA) is 36.4 Å². The highest BCUT2D eigenvalue weighted by Crippen LogP contribution is 2.21. The summed E-state index contributed by atoms with van der Waals surface area (Å²) in [5.41, 5.74) is 0.761. The second kappa shape index (κ2) is 6.35. The Hall–Kier alpha value is -1.42. The lowest BCUT2D eigenvalue weighted by molar-refractivity contribution is 0.0590. The van der Waals surface area contributed by atoms with Crippen molar-refractivity contribution >= 4 is 5.91 Å². The minimum absolute atomic E-state index is 0.157. The number of pyridine rings is 1. The van der Waals surface area contributed by atoms with Gasteiger partial charge >= 0.3 is 0 Å². The number of hydrogen-bond donors (Lipinski definition) is 0. The van der Waals surface area contributed by atoms with Crippen molar-refractivity contribution in [2.75, 3.05) is 26.2 Å². The van der Waals surface area contributed by atoms with Gasteiger partial charge < -0.3 is 9.80 Å². The van der Waals surface area contributed by atoms with Gasteiger partial charge in [-0.15, -0.1) is 0 Å². The molecule has 0 atom stereocenters. The molecule has 2 fully saturated rings. The van der Waals surface area contributed by atoms with Crippen molar-refractivity contribution in [1.82, 2.24) is 14.8 Å². The molecule has 2 aliphatic rings. The molecular formula is C16H23N3O. The molecule has 0 aliphatic carbocycles. The number of nitrogens with zero attached hydrogens (tertiary/aromatic N) is 3. The third-order valence-corrected chi connectivity index (χ3v) is 4.59. The zero-order chi connectivity index (χ0) is 13.8. The Balaban J connectivity index is 1.54. The van der Waals surface area contributed by atoms with Crippen molar-refractivity contribution in [1.29, 1.82) is 0 Å². The first kappa shape index (κ1) is 13.6. The van der Waals surface area contributed by atoms with Crippen LogP contribution in [0.1, 0.15) is 42.5 Å². The normalized spacial score (nSPS) is 21.9. The monoisotopic (exact) mass is 273 g/mol. The number of carbonyl (C=O) groups is 1. The lowest BCUT2D eigenvalue weighted by Gasteiger charge is -2.40. The molecule has 2 aliphatic heterocycles. The van der Waals surface area contributed by atoms with Crippen LogP contribution in [0.3, 0.4) is 0 Å². The van der Waals surface area contributed by atoms with Crippen LogP contribution in [0.4, 0.5) is 0 Å². The van der Waals surface area contributed by atoms with E-state index in [9.17, 15) is 4.79 Å². The Morgan fingerprint density at radius 1 is 1.00 bits per heavy atom. The molecule has 3 heterocycles. The Labute approximate surface area is 120 Å². The highest BCUT2D eigenvalue weighted by molar-refractivity contribution is 5.94. The Kier molecular flexibility index (Phi) is 4.31. The molecule has 4 heteroatoms. The molecule has 0 bridgehead atoms. The van der Waals surface area contributed by atoms with Crippen LogP contribution in [0.5, 0.6) is 0 Å². The first-order valence-corrected chi connectivity index (χ1v) is 7.78. The number of hydrogen-bond acceptors (Lipinski definition) is 3. The molecule has 0 N–H and O–H groups in total. The summed E-state index contributed by atoms with van der Waals surface area (Å²) in [6.45, 7) is 4.29. The van der Waals surface area contributed by atoms with Gasteiger partial charge in [0.25, 0.3) is 5.91 Å². The van der Waals surface area contributed by atoms with Crippen LogP contribution in [0.2, 0.25) is 0 Å². The molecule has 1 aromatic heterocycles. The highest BCUT2D eigenvalue weighted by atomic mass is 16.2. The van der Waals surface area contributed by atoms with E-state index in [-0.39, 0.29) is 5.91 Å². The van der Waals surface area contributed by atoms with Crippen LogP contribution in [0.25, 0.3) is 0 Å². The first-order chi connectivity index (χ1) is 9.84. The minimum atomic E-state index is 0.157. The number of likely N-dealkylation sites (tertiary alicyclic amines) is 2. The van der Waals surface area contributed by atoms with Crippen molar-refractivity contribution in [2.45, 2.75) is 38.1 Å². The maximum atomic E-state index is 12.4. The molecular weight excluding hydrogens is 250 g/mol. The Morgan fingerprint density at radius 3 is 2.30 bits per heavy atom. The molecule has 0 saturated carbocycles. The fourth-order valence-electron chi connectivity index (χ4n) is 3.39. The Bertz CT molecular complexity index is 434. The van der Waals surface area contributed by atoms with Gasteiger partial charge in [0.05, 0.1) is 0 Å². The summed E-state index contributed by atoms with van der Waals surface area (Å²) in [6.07, 6.45) is 9.69. The standard InChI is InChI=1S/C16H23N3O/c20-16(14-4-8-17-9-5-14)19-12-6-15(7-13-19)18-10-2-1-3-11-18/h4-5,8-9,15H,1-3,6-7,10-13H2. The largest absolute Gasteiger partial charge is 0.339 e. The fraction of sp³-hybridized carbons (Fsp3) is 0.625. The van der Waals surface area contributed by atoms with E-state index in [1.54, 1.807) is 24.5 Å². The second-order valence-electron chi connectivity index (χ2n) is 5.86. The van der Waals surface area contributed by atoms with Crippen molar-refractivity contribution in [3.63, 3.8) is 0 Å². The van der Waals surface area contributed by atoms with Crippen molar-refractivity contribution in [3.8, 4) is 0 Å². The summed E-state index contributed by atoms with van der Waals surface area (Å²) in [5.74, 6) is 0.157. The van der Waals surface area contributed by atoms with Crippen LogP contribution >= 0.6 is 0 Å². The lowest BCUT2D eigenvalue weighted by Crippen LogP contribution is -2.48. The molecule has 2 saturated heterocycles. The molecule has 1 aromatic rings. The van der Waals surface area contributed by atoms with Gasteiger partial charge in [-0.3, -0.25) is 9.78 Å². The van der Waals surface area contributed by atoms with Crippen molar-refractivity contribution in [3.05, 3.63) is 30.1 Å². The molecule has 0 unspecified atom stereocenters. The van der Waals surface area contributed by atoms with Gasteiger partial charge in [0.1, 0.15) is 0 Å². The number of piperidine rings is 2. The van der Waals surface area contributed by atoms with E-state index in [0.29, 0.717) is 6.04 Å². The van der Waals surface area contributed by atoms with E-state index in [2.05, 4.69) is 9.88 Å². The summed E-state index contributed by atoms with van der Waals surface area (Å²) in [5, 5.41) is 0. The zero-order valence-corrected chi connectivity index (χ0v) is 12.0. The molecule has 1 amide bonds. The van der Waals surface area contributed by atoms with Gasteiger partial charge in [-0.25, -0.2) is 0 Å². The summed E-state index contributed by atoms with van der Waals surface area (Å²) < 4.78 is 0. The maximum Gasteiger partial charge on any atom is 0.253 e. The maximum absolute atomic E-state index is 12.4. The third-order valence-electron chi connectivity index (χ3n) is 4.59. The minimum Gasteiger partial charge on any atom is -0.339 e. The highest BCUT2D eigenvalue weighted by Gasteiger charge is 2.27. The van der Waals surface area contributed by atoms with Crippen LogP contribution in [-0.2, 0) is 0 Å². The average molecular weight is 273 g/mol.